The number of nitrogens with zero attached hydrogens (tertiary/aromatic N) is 1. The van der Waals surface area contributed by atoms with Gasteiger partial charge in [-0.05, 0) is 30.5 Å². The summed E-state index contributed by atoms with van der Waals surface area (Å²) in [5, 5.41) is 0.478. The van der Waals surface area contributed by atoms with E-state index >= 15 is 0 Å². The molecule has 0 amide bonds. The van der Waals surface area contributed by atoms with Crippen molar-refractivity contribution in [2.24, 2.45) is 11.7 Å². The van der Waals surface area contributed by atoms with Crippen molar-refractivity contribution >= 4 is 33.2 Å². The first kappa shape index (κ1) is 17.7. The van der Waals surface area contributed by atoms with Gasteiger partial charge >= 0.3 is 0 Å². The minimum atomic E-state index is -3.68. The highest BCUT2D eigenvalue weighted by Crippen LogP contribution is 2.31. The van der Waals surface area contributed by atoms with Crippen LogP contribution in [-0.4, -0.2) is 25.8 Å². The predicted molar refractivity (Wildman–Crippen MR) is 83.6 cm³/mol. The maximum atomic E-state index is 12.6. The van der Waals surface area contributed by atoms with E-state index in [-0.39, 0.29) is 28.4 Å². The van der Waals surface area contributed by atoms with Gasteiger partial charge in [-0.1, -0.05) is 37.0 Å². The zero-order valence-corrected chi connectivity index (χ0v) is 14.4. The van der Waals surface area contributed by atoms with Crippen LogP contribution >= 0.6 is 23.2 Å². The van der Waals surface area contributed by atoms with Gasteiger partial charge < -0.3 is 5.73 Å². The average molecular weight is 339 g/mol. The fourth-order valence-electron chi connectivity index (χ4n) is 1.72. The summed E-state index contributed by atoms with van der Waals surface area (Å²) in [7, 11) is -2.13. The van der Waals surface area contributed by atoms with Crippen molar-refractivity contribution in [3.8, 4) is 0 Å². The second-order valence-corrected chi connectivity index (χ2v) is 7.86. The maximum Gasteiger partial charge on any atom is 0.244 e. The lowest BCUT2D eigenvalue weighted by atomic mass is 10.1. The standard InChI is InChI=1S/C13H20Cl2N2O2S/c1-8(2)9(3)17(4)20(18,19)13-5-10(7-16)11(14)6-12(13)15/h5-6,8-9H,7,16H2,1-4H3. The van der Waals surface area contributed by atoms with Gasteiger partial charge in [0.15, 0.2) is 0 Å². The van der Waals surface area contributed by atoms with Gasteiger partial charge in [0.05, 0.1) is 5.02 Å². The first-order chi connectivity index (χ1) is 9.12. The molecular formula is C13H20Cl2N2O2S. The normalized spacial score (nSPS) is 14.1. The molecule has 4 nitrogen and oxygen atoms in total. The van der Waals surface area contributed by atoms with Crippen LogP contribution in [0.1, 0.15) is 26.3 Å². The summed E-state index contributed by atoms with van der Waals surface area (Å²) in [4.78, 5) is 0.0408. The number of halogens is 2. The van der Waals surface area contributed by atoms with Crippen molar-refractivity contribution in [1.82, 2.24) is 4.31 Å². The van der Waals surface area contributed by atoms with Gasteiger partial charge in [0.25, 0.3) is 0 Å². The molecule has 0 aliphatic rings. The molecule has 0 saturated heterocycles. The molecule has 0 aliphatic heterocycles. The van der Waals surface area contributed by atoms with E-state index in [9.17, 15) is 8.42 Å². The molecule has 0 saturated carbocycles. The number of rotatable bonds is 5. The van der Waals surface area contributed by atoms with Crippen molar-refractivity contribution in [1.29, 1.82) is 0 Å². The van der Waals surface area contributed by atoms with Gasteiger partial charge in [0, 0.05) is 24.7 Å². The third-order valence-electron chi connectivity index (χ3n) is 3.52. The molecule has 1 aromatic rings. The Morgan fingerprint density at radius 3 is 2.20 bits per heavy atom. The molecule has 1 unspecified atom stereocenters. The molecule has 1 aromatic carbocycles. The van der Waals surface area contributed by atoms with E-state index in [2.05, 4.69) is 0 Å². The van der Waals surface area contributed by atoms with Gasteiger partial charge in [-0.2, -0.15) is 4.31 Å². The molecule has 0 spiro atoms. The van der Waals surface area contributed by atoms with E-state index < -0.39 is 10.0 Å². The van der Waals surface area contributed by atoms with Crippen molar-refractivity contribution < 1.29 is 8.42 Å². The number of sulfonamides is 1. The Morgan fingerprint density at radius 2 is 1.75 bits per heavy atom. The zero-order chi connectivity index (χ0) is 15.7. The number of hydrogen-bond donors (Lipinski definition) is 1. The molecule has 0 aliphatic carbocycles. The molecule has 20 heavy (non-hydrogen) atoms. The van der Waals surface area contributed by atoms with Crippen LogP contribution < -0.4 is 5.73 Å². The van der Waals surface area contributed by atoms with E-state index in [1.165, 1.54) is 16.4 Å². The lowest BCUT2D eigenvalue weighted by Crippen LogP contribution is -2.38. The lowest BCUT2D eigenvalue weighted by Gasteiger charge is -2.27. The van der Waals surface area contributed by atoms with Crippen LogP contribution in [0.15, 0.2) is 17.0 Å². The molecule has 0 radical (unpaired) electrons. The lowest BCUT2D eigenvalue weighted by molar-refractivity contribution is 0.316. The summed E-state index contributed by atoms with van der Waals surface area (Å²) in [5.74, 6) is 0.190. The highest BCUT2D eigenvalue weighted by molar-refractivity contribution is 7.89. The van der Waals surface area contributed by atoms with E-state index in [0.717, 1.165) is 0 Å². The molecule has 1 atom stereocenters. The van der Waals surface area contributed by atoms with Crippen LogP contribution in [0.2, 0.25) is 10.0 Å². The van der Waals surface area contributed by atoms with Crippen molar-refractivity contribution in [3.05, 3.63) is 27.7 Å². The third kappa shape index (κ3) is 3.46. The minimum absolute atomic E-state index is 0.0408. The van der Waals surface area contributed by atoms with Crippen molar-refractivity contribution in [3.63, 3.8) is 0 Å². The Morgan fingerprint density at radius 1 is 1.20 bits per heavy atom. The van der Waals surface area contributed by atoms with E-state index in [4.69, 9.17) is 28.9 Å². The first-order valence-corrected chi connectivity index (χ1v) is 8.48. The summed E-state index contributed by atoms with van der Waals surface area (Å²) in [6.45, 7) is 5.94. The van der Waals surface area contributed by atoms with Gasteiger partial charge in [0.1, 0.15) is 4.90 Å². The van der Waals surface area contributed by atoms with Crippen molar-refractivity contribution in [2.75, 3.05) is 7.05 Å². The first-order valence-electron chi connectivity index (χ1n) is 6.29. The number of benzene rings is 1. The topological polar surface area (TPSA) is 63.4 Å². The monoisotopic (exact) mass is 338 g/mol. The summed E-state index contributed by atoms with van der Waals surface area (Å²) in [6, 6.07) is 2.73. The van der Waals surface area contributed by atoms with Crippen LogP contribution in [0.25, 0.3) is 0 Å². The van der Waals surface area contributed by atoms with Crippen LogP contribution in [0.5, 0.6) is 0 Å². The summed E-state index contributed by atoms with van der Waals surface area (Å²) in [6.07, 6.45) is 0. The Labute approximate surface area is 130 Å². The fourth-order valence-corrected chi connectivity index (χ4v) is 4.06. The van der Waals surface area contributed by atoms with Crippen LogP contribution in [0.3, 0.4) is 0 Å². The van der Waals surface area contributed by atoms with Crippen LogP contribution in [0.4, 0.5) is 0 Å². The fraction of sp³-hybridized carbons (Fsp3) is 0.538. The van der Waals surface area contributed by atoms with Crippen molar-refractivity contribution in [2.45, 2.75) is 38.3 Å². The van der Waals surface area contributed by atoms with Gasteiger partial charge in [-0.25, -0.2) is 8.42 Å². The molecule has 114 valence electrons. The van der Waals surface area contributed by atoms with Gasteiger partial charge in [-0.3, -0.25) is 0 Å². The second kappa shape index (κ2) is 6.62. The maximum absolute atomic E-state index is 12.6. The van der Waals surface area contributed by atoms with Crippen LogP contribution in [-0.2, 0) is 16.6 Å². The summed E-state index contributed by atoms with van der Waals surface area (Å²) < 4.78 is 26.6. The third-order valence-corrected chi connectivity index (χ3v) is 6.28. The number of nitrogens with two attached hydrogens (primary N) is 1. The Kier molecular flexibility index (Phi) is 5.87. The zero-order valence-electron chi connectivity index (χ0n) is 12.0. The van der Waals surface area contributed by atoms with E-state index in [0.29, 0.717) is 10.6 Å². The van der Waals surface area contributed by atoms with Gasteiger partial charge in [0.2, 0.25) is 10.0 Å². The molecule has 0 bridgehead atoms. The number of hydrogen-bond acceptors (Lipinski definition) is 3. The minimum Gasteiger partial charge on any atom is -0.326 e. The molecule has 1 rings (SSSR count). The largest absolute Gasteiger partial charge is 0.326 e. The Hall–Kier alpha value is -0.330. The molecule has 0 aromatic heterocycles. The quantitative estimate of drug-likeness (QED) is 0.896. The van der Waals surface area contributed by atoms with Gasteiger partial charge in [-0.15, -0.1) is 0 Å². The van der Waals surface area contributed by atoms with E-state index in [1.807, 2.05) is 20.8 Å². The second-order valence-electron chi connectivity index (χ2n) is 5.08. The summed E-state index contributed by atoms with van der Waals surface area (Å²) >= 11 is 12.0. The average Bonchev–Trinajstić information content (AvgIpc) is 2.36. The predicted octanol–water partition coefficient (Wildman–Crippen LogP) is 3.12. The molecule has 0 heterocycles. The molecule has 7 heteroatoms. The van der Waals surface area contributed by atoms with E-state index in [1.54, 1.807) is 7.05 Å². The Bertz CT molecular complexity index is 588. The molecule has 2 N–H and O–H groups in total. The van der Waals surface area contributed by atoms with Crippen LogP contribution in [0, 0.1) is 5.92 Å². The Balaban J connectivity index is 3.36. The molecule has 0 fully saturated rings. The smallest absolute Gasteiger partial charge is 0.244 e. The highest BCUT2D eigenvalue weighted by Gasteiger charge is 2.29. The summed E-state index contributed by atoms with van der Waals surface area (Å²) in [5.41, 5.74) is 6.12. The SMILES string of the molecule is CC(C)C(C)N(C)S(=O)(=O)c1cc(CN)c(Cl)cc1Cl. The highest BCUT2D eigenvalue weighted by atomic mass is 35.5. The molecular weight excluding hydrogens is 319 g/mol.